The second-order valence-corrected chi connectivity index (χ2v) is 6.32. The van der Waals surface area contributed by atoms with Crippen LogP contribution in [-0.2, 0) is 11.3 Å². The first kappa shape index (κ1) is 17.0. The number of carbonyl (C=O) groups is 3. The Hall–Kier alpha value is -2.89. The minimum Gasteiger partial charge on any atom is -0.464 e. The van der Waals surface area contributed by atoms with E-state index >= 15 is 0 Å². The molecule has 25 heavy (non-hydrogen) atoms. The number of aryl methyl sites for hydroxylation is 2. The number of rotatable bonds is 5. The van der Waals surface area contributed by atoms with Gasteiger partial charge in [0.2, 0.25) is 5.91 Å². The van der Waals surface area contributed by atoms with Gasteiger partial charge < -0.3 is 9.32 Å². The van der Waals surface area contributed by atoms with Crippen LogP contribution in [0.4, 0.5) is 0 Å². The lowest BCUT2D eigenvalue weighted by Crippen LogP contribution is -2.35. The minimum absolute atomic E-state index is 0.0751. The largest absolute Gasteiger partial charge is 0.464 e. The zero-order valence-corrected chi connectivity index (χ0v) is 14.5. The van der Waals surface area contributed by atoms with Crippen LogP contribution in [-0.4, -0.2) is 41.1 Å². The molecule has 3 rings (SSSR count). The number of furan rings is 1. The molecule has 1 aromatic carbocycles. The number of nitrogens with zero attached hydrogens (tertiary/aromatic N) is 2. The third kappa shape index (κ3) is 3.33. The summed E-state index contributed by atoms with van der Waals surface area (Å²) < 4.78 is 5.46. The first-order valence-electron chi connectivity index (χ1n) is 8.13. The van der Waals surface area contributed by atoms with Crippen LogP contribution in [0.15, 0.2) is 34.7 Å². The Balaban J connectivity index is 1.61. The van der Waals surface area contributed by atoms with E-state index < -0.39 is 0 Å². The highest BCUT2D eigenvalue weighted by Crippen LogP contribution is 2.24. The van der Waals surface area contributed by atoms with Crippen molar-refractivity contribution in [3.05, 3.63) is 58.5 Å². The maximum absolute atomic E-state index is 12.4. The first-order chi connectivity index (χ1) is 11.9. The standard InChI is InChI=1S/C19H20N2O4/c1-12-4-7-15-16(10-12)19(24)21(18(15)23)9-8-17(22)20(3)11-14-6-5-13(2)25-14/h4-7,10H,8-9,11H2,1-3H3. The molecule has 6 nitrogen and oxygen atoms in total. The van der Waals surface area contributed by atoms with Gasteiger partial charge in [0, 0.05) is 20.0 Å². The molecule has 0 saturated carbocycles. The van der Waals surface area contributed by atoms with Crippen LogP contribution in [0.25, 0.3) is 0 Å². The molecular weight excluding hydrogens is 320 g/mol. The van der Waals surface area contributed by atoms with E-state index in [0.717, 1.165) is 16.2 Å². The molecule has 2 aromatic rings. The first-order valence-corrected chi connectivity index (χ1v) is 8.13. The third-order valence-corrected chi connectivity index (χ3v) is 4.29. The lowest BCUT2D eigenvalue weighted by molar-refractivity contribution is -0.130. The zero-order valence-electron chi connectivity index (χ0n) is 14.5. The highest BCUT2D eigenvalue weighted by atomic mass is 16.3. The predicted octanol–water partition coefficient (Wildman–Crippen LogP) is 2.54. The molecule has 3 amide bonds. The SMILES string of the molecule is Cc1ccc2c(c1)C(=O)N(CCC(=O)N(C)Cc1ccc(C)o1)C2=O. The van der Waals surface area contributed by atoms with Crippen molar-refractivity contribution in [1.82, 2.24) is 9.80 Å². The second-order valence-electron chi connectivity index (χ2n) is 6.32. The number of hydrogen-bond donors (Lipinski definition) is 0. The molecule has 0 atom stereocenters. The highest BCUT2D eigenvalue weighted by Gasteiger charge is 2.35. The van der Waals surface area contributed by atoms with Gasteiger partial charge in [-0.15, -0.1) is 0 Å². The Bertz CT molecular complexity index is 853. The molecule has 1 aromatic heterocycles. The van der Waals surface area contributed by atoms with Crippen LogP contribution in [0.3, 0.4) is 0 Å². The molecule has 0 saturated heterocycles. The minimum atomic E-state index is -0.336. The molecule has 2 heterocycles. The van der Waals surface area contributed by atoms with E-state index in [-0.39, 0.29) is 30.7 Å². The number of benzene rings is 1. The summed E-state index contributed by atoms with van der Waals surface area (Å²) in [6.45, 7) is 4.14. The molecule has 0 unspecified atom stereocenters. The van der Waals surface area contributed by atoms with Crippen LogP contribution < -0.4 is 0 Å². The molecule has 6 heteroatoms. The van der Waals surface area contributed by atoms with Crippen LogP contribution >= 0.6 is 0 Å². The van der Waals surface area contributed by atoms with Crippen molar-refractivity contribution < 1.29 is 18.8 Å². The van der Waals surface area contributed by atoms with Gasteiger partial charge in [-0.1, -0.05) is 11.6 Å². The van der Waals surface area contributed by atoms with E-state index in [1.807, 2.05) is 26.0 Å². The quantitative estimate of drug-likeness (QED) is 0.784. The van der Waals surface area contributed by atoms with Gasteiger partial charge in [0.05, 0.1) is 17.7 Å². The summed E-state index contributed by atoms with van der Waals surface area (Å²) in [4.78, 5) is 39.7. The van der Waals surface area contributed by atoms with Crippen molar-refractivity contribution in [2.24, 2.45) is 0 Å². The normalized spacial score (nSPS) is 13.3. The number of amides is 3. The van der Waals surface area contributed by atoms with Crippen molar-refractivity contribution in [2.75, 3.05) is 13.6 Å². The monoisotopic (exact) mass is 340 g/mol. The Morgan fingerprint density at radius 1 is 1.08 bits per heavy atom. The van der Waals surface area contributed by atoms with Crippen molar-refractivity contribution in [3.63, 3.8) is 0 Å². The predicted molar refractivity (Wildman–Crippen MR) is 91.1 cm³/mol. The van der Waals surface area contributed by atoms with Gasteiger partial charge >= 0.3 is 0 Å². The van der Waals surface area contributed by atoms with Crippen molar-refractivity contribution in [2.45, 2.75) is 26.8 Å². The summed E-state index contributed by atoms with van der Waals surface area (Å²) >= 11 is 0. The van der Waals surface area contributed by atoms with Crippen LogP contribution in [0.5, 0.6) is 0 Å². The van der Waals surface area contributed by atoms with Gasteiger partial charge in [-0.2, -0.15) is 0 Å². The fraction of sp³-hybridized carbons (Fsp3) is 0.316. The fourth-order valence-corrected chi connectivity index (χ4v) is 2.90. The molecule has 0 spiro atoms. The van der Waals surface area contributed by atoms with E-state index in [4.69, 9.17) is 4.42 Å². The maximum atomic E-state index is 12.4. The highest BCUT2D eigenvalue weighted by molar-refractivity contribution is 6.21. The Labute approximate surface area is 146 Å². The van der Waals surface area contributed by atoms with Crippen molar-refractivity contribution >= 4 is 17.7 Å². The molecule has 130 valence electrons. The average Bonchev–Trinajstić information content (AvgIpc) is 3.07. The molecule has 0 aliphatic carbocycles. The summed E-state index contributed by atoms with van der Waals surface area (Å²) in [5.74, 6) is 0.668. The molecule has 0 N–H and O–H groups in total. The molecule has 0 bridgehead atoms. The van der Waals surface area contributed by atoms with Crippen LogP contribution in [0, 0.1) is 13.8 Å². The lowest BCUT2D eigenvalue weighted by atomic mass is 10.1. The van der Waals surface area contributed by atoms with E-state index in [0.29, 0.717) is 23.4 Å². The summed E-state index contributed by atoms with van der Waals surface area (Å²) in [5.41, 5.74) is 1.74. The molecule has 1 aliphatic heterocycles. The van der Waals surface area contributed by atoms with Gasteiger partial charge in [0.1, 0.15) is 11.5 Å². The zero-order chi connectivity index (χ0) is 18.1. The summed E-state index contributed by atoms with van der Waals surface area (Å²) in [6, 6.07) is 8.85. The van der Waals surface area contributed by atoms with E-state index in [1.54, 1.807) is 25.2 Å². The van der Waals surface area contributed by atoms with E-state index in [1.165, 1.54) is 4.90 Å². The number of fused-ring (bicyclic) bond motifs is 1. The topological polar surface area (TPSA) is 70.8 Å². The second kappa shape index (κ2) is 6.55. The summed E-state index contributed by atoms with van der Waals surface area (Å²) in [6.07, 6.45) is 0.0840. The Morgan fingerprint density at radius 2 is 1.80 bits per heavy atom. The molecule has 0 fully saturated rings. The van der Waals surface area contributed by atoms with E-state index in [9.17, 15) is 14.4 Å². The molecular formula is C19H20N2O4. The number of carbonyl (C=O) groups excluding carboxylic acids is 3. The smallest absolute Gasteiger partial charge is 0.261 e. The average molecular weight is 340 g/mol. The van der Waals surface area contributed by atoms with Crippen molar-refractivity contribution in [3.8, 4) is 0 Å². The van der Waals surface area contributed by atoms with Crippen LogP contribution in [0.2, 0.25) is 0 Å². The Morgan fingerprint density at radius 3 is 2.48 bits per heavy atom. The Kier molecular flexibility index (Phi) is 4.44. The van der Waals surface area contributed by atoms with Gasteiger partial charge in [-0.05, 0) is 38.1 Å². The van der Waals surface area contributed by atoms with Crippen LogP contribution in [0.1, 0.15) is 44.2 Å². The fourth-order valence-electron chi connectivity index (χ4n) is 2.90. The lowest BCUT2D eigenvalue weighted by Gasteiger charge is -2.18. The van der Waals surface area contributed by atoms with Gasteiger partial charge in [0.15, 0.2) is 0 Å². The third-order valence-electron chi connectivity index (χ3n) is 4.29. The number of hydrogen-bond acceptors (Lipinski definition) is 4. The van der Waals surface area contributed by atoms with E-state index in [2.05, 4.69) is 0 Å². The molecule has 1 aliphatic rings. The van der Waals surface area contributed by atoms with Gasteiger partial charge in [-0.25, -0.2) is 0 Å². The maximum Gasteiger partial charge on any atom is 0.261 e. The molecule has 0 radical (unpaired) electrons. The summed E-state index contributed by atoms with van der Waals surface area (Å²) in [7, 11) is 1.67. The van der Waals surface area contributed by atoms with Gasteiger partial charge in [0.25, 0.3) is 11.8 Å². The number of imide groups is 1. The summed E-state index contributed by atoms with van der Waals surface area (Å²) in [5, 5.41) is 0. The van der Waals surface area contributed by atoms with Gasteiger partial charge in [-0.3, -0.25) is 19.3 Å². The van der Waals surface area contributed by atoms with Crippen molar-refractivity contribution in [1.29, 1.82) is 0 Å².